The summed E-state index contributed by atoms with van der Waals surface area (Å²) in [5, 5.41) is 0. The Labute approximate surface area is 104 Å². The number of hydrogen-bond donors (Lipinski definition) is 0. The summed E-state index contributed by atoms with van der Waals surface area (Å²) in [5.74, 6) is -1.62. The van der Waals surface area contributed by atoms with E-state index in [0.29, 0.717) is 0 Å². The Kier molecular flexibility index (Phi) is 3.60. The summed E-state index contributed by atoms with van der Waals surface area (Å²) in [6, 6.07) is 6.03. The summed E-state index contributed by atoms with van der Waals surface area (Å²) in [4.78, 5) is 24.7. The van der Waals surface area contributed by atoms with Gasteiger partial charge in [-0.3, -0.25) is 9.59 Å². The molecule has 0 saturated carbocycles. The third-order valence-corrected chi connectivity index (χ3v) is 2.89. The highest BCUT2D eigenvalue weighted by Gasteiger charge is 2.36. The first-order valence-corrected chi connectivity index (χ1v) is 5.85. The number of carbonyl (C=O) groups excluding carboxylic acids is 2. The number of para-hydroxylation sites is 1. The molecule has 1 aliphatic rings. The first-order chi connectivity index (χ1) is 8.63. The van der Waals surface area contributed by atoms with E-state index in [4.69, 9.17) is 4.74 Å². The molecule has 1 aromatic carbocycles. The van der Waals surface area contributed by atoms with Crippen LogP contribution >= 0.6 is 0 Å². The van der Waals surface area contributed by atoms with E-state index in [1.807, 2.05) is 0 Å². The minimum absolute atomic E-state index is 0.0766. The number of carbonyl (C=O) groups is 2. The van der Waals surface area contributed by atoms with Gasteiger partial charge in [0, 0.05) is 13.0 Å². The van der Waals surface area contributed by atoms with Gasteiger partial charge in [0.15, 0.2) is 0 Å². The molecule has 1 aromatic rings. The van der Waals surface area contributed by atoms with Crippen LogP contribution in [0.15, 0.2) is 24.3 Å². The zero-order valence-corrected chi connectivity index (χ0v) is 10.1. The van der Waals surface area contributed by atoms with Gasteiger partial charge in [0.25, 0.3) is 0 Å². The molecule has 18 heavy (non-hydrogen) atoms. The molecule has 1 fully saturated rings. The number of benzene rings is 1. The van der Waals surface area contributed by atoms with Crippen LogP contribution in [-0.4, -0.2) is 25.0 Å². The molecule has 0 spiro atoms. The van der Waals surface area contributed by atoms with Gasteiger partial charge in [-0.25, -0.2) is 4.39 Å². The van der Waals surface area contributed by atoms with Crippen molar-refractivity contribution in [2.24, 2.45) is 5.92 Å². The maximum absolute atomic E-state index is 13.6. The standard InChI is InChI=1S/C13H14FNO3/c1-2-18-13(17)9-7-12(16)15(8-9)11-6-4-3-5-10(11)14/h3-6,9H,2,7-8H2,1H3. The Morgan fingerprint density at radius 3 is 2.89 bits per heavy atom. The van der Waals surface area contributed by atoms with Crippen LogP contribution in [0.3, 0.4) is 0 Å². The largest absolute Gasteiger partial charge is 0.466 e. The number of halogens is 1. The summed E-state index contributed by atoms with van der Waals surface area (Å²) in [5.41, 5.74) is 0.217. The van der Waals surface area contributed by atoms with Gasteiger partial charge in [-0.05, 0) is 19.1 Å². The normalized spacial score (nSPS) is 19.1. The van der Waals surface area contributed by atoms with E-state index in [9.17, 15) is 14.0 Å². The average Bonchev–Trinajstić information content (AvgIpc) is 2.72. The number of anilines is 1. The molecule has 2 rings (SSSR count). The third kappa shape index (κ3) is 2.34. The van der Waals surface area contributed by atoms with Gasteiger partial charge >= 0.3 is 5.97 Å². The number of nitrogens with zero attached hydrogens (tertiary/aromatic N) is 1. The maximum atomic E-state index is 13.6. The second-order valence-electron chi connectivity index (χ2n) is 4.11. The lowest BCUT2D eigenvalue weighted by Crippen LogP contribution is -2.27. The van der Waals surface area contributed by atoms with Crippen LogP contribution in [0, 0.1) is 11.7 Å². The zero-order valence-electron chi connectivity index (χ0n) is 10.1. The Morgan fingerprint density at radius 2 is 2.22 bits per heavy atom. The zero-order chi connectivity index (χ0) is 13.1. The topological polar surface area (TPSA) is 46.6 Å². The van der Waals surface area contributed by atoms with Gasteiger partial charge in [-0.15, -0.1) is 0 Å². The van der Waals surface area contributed by atoms with Crippen molar-refractivity contribution < 1.29 is 18.7 Å². The molecule has 0 N–H and O–H groups in total. The third-order valence-electron chi connectivity index (χ3n) is 2.89. The highest BCUT2D eigenvalue weighted by atomic mass is 19.1. The number of esters is 1. The van der Waals surface area contributed by atoms with Gasteiger partial charge in [-0.2, -0.15) is 0 Å². The molecule has 1 unspecified atom stereocenters. The van der Waals surface area contributed by atoms with Crippen LogP contribution in [0.1, 0.15) is 13.3 Å². The number of amides is 1. The summed E-state index contributed by atoms with van der Waals surface area (Å²) in [6.07, 6.45) is 0.0766. The molecular formula is C13H14FNO3. The first kappa shape index (κ1) is 12.5. The molecule has 1 saturated heterocycles. The second-order valence-corrected chi connectivity index (χ2v) is 4.11. The van der Waals surface area contributed by atoms with Crippen molar-refractivity contribution in [3.05, 3.63) is 30.1 Å². The average molecular weight is 251 g/mol. The molecule has 4 nitrogen and oxygen atoms in total. The second kappa shape index (κ2) is 5.16. The molecule has 0 bridgehead atoms. The number of rotatable bonds is 3. The van der Waals surface area contributed by atoms with Gasteiger partial charge in [-0.1, -0.05) is 12.1 Å². The van der Waals surface area contributed by atoms with Crippen LogP contribution < -0.4 is 4.90 Å². The highest BCUT2D eigenvalue weighted by Crippen LogP contribution is 2.27. The van der Waals surface area contributed by atoms with Crippen molar-refractivity contribution >= 4 is 17.6 Å². The van der Waals surface area contributed by atoms with Gasteiger partial charge in [0.1, 0.15) is 5.82 Å². The lowest BCUT2D eigenvalue weighted by atomic mass is 10.1. The van der Waals surface area contributed by atoms with E-state index >= 15 is 0 Å². The molecule has 5 heteroatoms. The molecule has 1 heterocycles. The molecule has 1 atom stereocenters. The van der Waals surface area contributed by atoms with Crippen molar-refractivity contribution in [1.82, 2.24) is 0 Å². The minimum atomic E-state index is -0.503. The van der Waals surface area contributed by atoms with Gasteiger partial charge < -0.3 is 9.64 Å². The predicted molar refractivity (Wildman–Crippen MR) is 63.5 cm³/mol. The fourth-order valence-corrected chi connectivity index (χ4v) is 2.03. The van der Waals surface area contributed by atoms with Gasteiger partial charge in [0.05, 0.1) is 18.2 Å². The van der Waals surface area contributed by atoms with E-state index in [-0.39, 0.29) is 31.2 Å². The summed E-state index contributed by atoms with van der Waals surface area (Å²) >= 11 is 0. The highest BCUT2D eigenvalue weighted by molar-refractivity contribution is 5.99. The van der Waals surface area contributed by atoms with Crippen molar-refractivity contribution in [1.29, 1.82) is 0 Å². The smallest absolute Gasteiger partial charge is 0.311 e. The SMILES string of the molecule is CCOC(=O)C1CC(=O)N(c2ccccc2F)C1. The van der Waals surface area contributed by atoms with Crippen LogP contribution in [-0.2, 0) is 14.3 Å². The Balaban J connectivity index is 2.15. The van der Waals surface area contributed by atoms with E-state index in [1.165, 1.54) is 17.0 Å². The number of hydrogen-bond acceptors (Lipinski definition) is 3. The molecule has 0 aromatic heterocycles. The first-order valence-electron chi connectivity index (χ1n) is 5.85. The molecule has 0 aliphatic carbocycles. The Morgan fingerprint density at radius 1 is 1.50 bits per heavy atom. The summed E-state index contributed by atoms with van der Waals surface area (Å²) < 4.78 is 18.5. The van der Waals surface area contributed by atoms with E-state index < -0.39 is 17.7 Å². The predicted octanol–water partition coefficient (Wildman–Crippen LogP) is 1.74. The fraction of sp³-hybridized carbons (Fsp3) is 0.385. The Hall–Kier alpha value is -1.91. The molecule has 0 radical (unpaired) electrons. The lowest BCUT2D eigenvalue weighted by molar-refractivity contribution is -0.147. The molecule has 1 aliphatic heterocycles. The summed E-state index contributed by atoms with van der Waals surface area (Å²) in [6.45, 7) is 2.17. The van der Waals surface area contributed by atoms with E-state index in [0.717, 1.165) is 0 Å². The minimum Gasteiger partial charge on any atom is -0.466 e. The Bertz CT molecular complexity index is 475. The van der Waals surface area contributed by atoms with Crippen molar-refractivity contribution in [3.8, 4) is 0 Å². The van der Waals surface area contributed by atoms with Crippen molar-refractivity contribution in [3.63, 3.8) is 0 Å². The maximum Gasteiger partial charge on any atom is 0.311 e. The van der Waals surface area contributed by atoms with Crippen LogP contribution in [0.25, 0.3) is 0 Å². The number of ether oxygens (including phenoxy) is 1. The van der Waals surface area contributed by atoms with E-state index in [1.54, 1.807) is 19.1 Å². The quantitative estimate of drug-likeness (QED) is 0.769. The monoisotopic (exact) mass is 251 g/mol. The van der Waals surface area contributed by atoms with Crippen LogP contribution in [0.2, 0.25) is 0 Å². The van der Waals surface area contributed by atoms with Gasteiger partial charge in [0.2, 0.25) is 5.91 Å². The molecular weight excluding hydrogens is 237 g/mol. The molecule has 1 amide bonds. The molecule has 96 valence electrons. The van der Waals surface area contributed by atoms with Crippen LogP contribution in [0.5, 0.6) is 0 Å². The lowest BCUT2D eigenvalue weighted by Gasteiger charge is -2.16. The van der Waals surface area contributed by atoms with Crippen LogP contribution in [0.4, 0.5) is 10.1 Å². The van der Waals surface area contributed by atoms with E-state index in [2.05, 4.69) is 0 Å². The fourth-order valence-electron chi connectivity index (χ4n) is 2.03. The van der Waals surface area contributed by atoms with Crippen molar-refractivity contribution in [2.45, 2.75) is 13.3 Å². The van der Waals surface area contributed by atoms with Crippen molar-refractivity contribution in [2.75, 3.05) is 18.1 Å². The summed E-state index contributed by atoms with van der Waals surface area (Å²) in [7, 11) is 0.